The first-order chi connectivity index (χ1) is 30.4. The predicted molar refractivity (Wildman–Crippen MR) is 250 cm³/mol. The molecule has 0 amide bonds. The van der Waals surface area contributed by atoms with Crippen molar-refractivity contribution in [3.63, 3.8) is 0 Å². The minimum Gasteiger partial charge on any atom is -0.456 e. The average molecular weight is 800 g/mol. The van der Waals surface area contributed by atoms with Crippen molar-refractivity contribution in [1.29, 1.82) is 0 Å². The fourth-order valence-corrected chi connectivity index (χ4v) is 14.0. The largest absolute Gasteiger partial charge is 0.456 e. The first kappa shape index (κ1) is 35.0. The number of benzene rings is 7. The Balaban J connectivity index is 0.888. The van der Waals surface area contributed by atoms with Crippen molar-refractivity contribution < 1.29 is 4.42 Å². The summed E-state index contributed by atoms with van der Waals surface area (Å²) in [5.74, 6) is 5.28. The molecule has 4 heteroatoms. The maximum absolute atomic E-state index is 6.28. The molecule has 7 aromatic carbocycles. The van der Waals surface area contributed by atoms with E-state index in [9.17, 15) is 0 Å². The molecule has 4 nitrogen and oxygen atoms in total. The van der Waals surface area contributed by atoms with Crippen LogP contribution in [0.1, 0.15) is 68.2 Å². The van der Waals surface area contributed by atoms with Crippen LogP contribution in [0.5, 0.6) is 0 Å². The van der Waals surface area contributed by atoms with Crippen LogP contribution in [0.4, 0.5) is 0 Å². The zero-order valence-corrected chi connectivity index (χ0v) is 35.0. The zero-order valence-electron chi connectivity index (χ0n) is 35.0. The molecule has 1 spiro atoms. The summed E-state index contributed by atoms with van der Waals surface area (Å²) in [6.07, 6.45) is 7.08. The number of nitrogens with zero attached hydrogens (tertiary/aromatic N) is 3. The van der Waals surface area contributed by atoms with Crippen LogP contribution in [0.3, 0.4) is 0 Å². The summed E-state index contributed by atoms with van der Waals surface area (Å²) < 4.78 is 6.28. The van der Waals surface area contributed by atoms with E-state index in [0.717, 1.165) is 62.3 Å². The molecule has 62 heavy (non-hydrogen) atoms. The summed E-state index contributed by atoms with van der Waals surface area (Å²) in [6, 6.07) is 55.1. The van der Waals surface area contributed by atoms with Gasteiger partial charge in [0.05, 0.1) is 0 Å². The van der Waals surface area contributed by atoms with Crippen molar-refractivity contribution in [2.24, 2.45) is 23.7 Å². The van der Waals surface area contributed by atoms with Crippen LogP contribution < -0.4 is 0 Å². The molecular weight excluding hydrogens is 755 g/mol. The molecule has 2 aromatic heterocycles. The highest BCUT2D eigenvalue weighted by Gasteiger charge is 2.62. The van der Waals surface area contributed by atoms with E-state index in [1.807, 2.05) is 42.5 Å². The summed E-state index contributed by atoms with van der Waals surface area (Å²) in [7, 11) is 0. The van der Waals surface area contributed by atoms with Gasteiger partial charge in [0.2, 0.25) is 0 Å². The van der Waals surface area contributed by atoms with E-state index in [-0.39, 0.29) is 10.8 Å². The lowest BCUT2D eigenvalue weighted by Gasteiger charge is -2.61. The van der Waals surface area contributed by atoms with Gasteiger partial charge in [0, 0.05) is 38.3 Å². The van der Waals surface area contributed by atoms with Gasteiger partial charge in [-0.2, -0.15) is 0 Å². The smallest absolute Gasteiger partial charge is 0.164 e. The highest BCUT2D eigenvalue weighted by Crippen LogP contribution is 2.71. The van der Waals surface area contributed by atoms with E-state index >= 15 is 0 Å². The molecule has 0 unspecified atom stereocenters. The van der Waals surface area contributed by atoms with Gasteiger partial charge in [-0.1, -0.05) is 153 Å². The van der Waals surface area contributed by atoms with Gasteiger partial charge < -0.3 is 4.42 Å². The topological polar surface area (TPSA) is 51.8 Å². The van der Waals surface area contributed by atoms with Gasteiger partial charge in [0.25, 0.3) is 0 Å². The molecule has 0 N–H and O–H groups in total. The molecular formula is C58H45N3O. The molecule has 9 aromatic rings. The maximum Gasteiger partial charge on any atom is 0.164 e. The van der Waals surface area contributed by atoms with E-state index in [2.05, 4.69) is 123 Å². The number of furan rings is 1. The van der Waals surface area contributed by atoms with Crippen LogP contribution in [0.25, 0.3) is 89.5 Å². The van der Waals surface area contributed by atoms with Crippen LogP contribution in [-0.4, -0.2) is 15.0 Å². The Morgan fingerprint density at radius 3 is 1.81 bits per heavy atom. The van der Waals surface area contributed by atoms with Crippen molar-refractivity contribution in [1.82, 2.24) is 15.0 Å². The van der Waals surface area contributed by atoms with E-state index in [4.69, 9.17) is 19.4 Å². The molecule has 4 fully saturated rings. The first-order valence-corrected chi connectivity index (χ1v) is 22.7. The third-order valence-electron chi connectivity index (χ3n) is 16.1. The summed E-state index contributed by atoms with van der Waals surface area (Å²) in [5.41, 5.74) is 19.0. The molecule has 4 saturated carbocycles. The normalized spacial score (nSPS) is 23.2. The number of hydrogen-bond acceptors (Lipinski definition) is 4. The van der Waals surface area contributed by atoms with E-state index < -0.39 is 0 Å². The fraction of sp³-hybridized carbons (Fsp3) is 0.224. The molecule has 0 atom stereocenters. The van der Waals surface area contributed by atoms with Gasteiger partial charge in [0.1, 0.15) is 11.2 Å². The minimum atomic E-state index is -0.193. The standard InChI is InChI=1S/C58H45N3O/c1-57(2)52-40(16-10-17-41(52)42-26-27-47-51(53(42)57)43-14-6-8-19-46(43)58(47)38-29-33-28-34(31-38)32-39(58)30-33)35-22-24-37(25-23-35)55-59-54(36-12-4-3-5-13-36)60-56(61-55)45-18-11-21-49-50(45)44-15-7-9-20-48(44)62-49/h3-27,33-34,38-39H,28-32H2,1-2H3. The minimum absolute atomic E-state index is 0.159. The SMILES string of the molecule is CC1(C)c2c(-c3ccc(-c4nc(-c5ccccc5)nc(-c5cccc6oc7ccccc7c56)n4)cc3)cccc2-c2ccc3c(c21)-c1ccccc1C31C2CC3CC(C2)CC1C3. The lowest BCUT2D eigenvalue weighted by atomic mass is 9.43. The van der Waals surface area contributed by atoms with Gasteiger partial charge in [-0.15, -0.1) is 0 Å². The second-order valence-electron chi connectivity index (χ2n) is 19.5. The van der Waals surface area contributed by atoms with Crippen molar-refractivity contribution in [3.05, 3.63) is 174 Å². The third-order valence-corrected chi connectivity index (χ3v) is 16.1. The Morgan fingerprint density at radius 1 is 0.435 bits per heavy atom. The highest BCUT2D eigenvalue weighted by atomic mass is 16.3. The van der Waals surface area contributed by atoms with Gasteiger partial charge in [-0.25, -0.2) is 15.0 Å². The summed E-state index contributed by atoms with van der Waals surface area (Å²) in [6.45, 7) is 4.98. The summed E-state index contributed by atoms with van der Waals surface area (Å²) in [5, 5.41) is 2.06. The Kier molecular flexibility index (Phi) is 7.04. The van der Waals surface area contributed by atoms with Crippen LogP contribution >= 0.6 is 0 Å². The number of hydrogen-bond donors (Lipinski definition) is 0. The molecule has 298 valence electrons. The third kappa shape index (κ3) is 4.60. The number of rotatable bonds is 4. The summed E-state index contributed by atoms with van der Waals surface area (Å²) >= 11 is 0. The molecule has 15 rings (SSSR count). The highest BCUT2D eigenvalue weighted by molar-refractivity contribution is 6.11. The lowest BCUT2D eigenvalue weighted by Crippen LogP contribution is -2.55. The van der Waals surface area contributed by atoms with E-state index in [1.54, 1.807) is 16.7 Å². The Bertz CT molecular complexity index is 3310. The molecule has 2 heterocycles. The van der Waals surface area contributed by atoms with Gasteiger partial charge >= 0.3 is 0 Å². The van der Waals surface area contributed by atoms with Crippen LogP contribution in [0, 0.1) is 23.7 Å². The molecule has 6 aliphatic carbocycles. The molecule has 0 saturated heterocycles. The number of para-hydroxylation sites is 1. The quantitative estimate of drug-likeness (QED) is 0.178. The zero-order chi connectivity index (χ0) is 40.9. The summed E-state index contributed by atoms with van der Waals surface area (Å²) in [4.78, 5) is 15.4. The number of aromatic nitrogens is 3. The first-order valence-electron chi connectivity index (χ1n) is 22.7. The second-order valence-corrected chi connectivity index (χ2v) is 19.5. The van der Waals surface area contributed by atoms with Gasteiger partial charge in [0.15, 0.2) is 17.5 Å². The van der Waals surface area contributed by atoms with Crippen molar-refractivity contribution in [2.45, 2.75) is 56.8 Å². The van der Waals surface area contributed by atoms with Gasteiger partial charge in [-0.05, 0) is 124 Å². The molecule has 6 aliphatic rings. The van der Waals surface area contributed by atoms with Gasteiger partial charge in [-0.3, -0.25) is 0 Å². The molecule has 0 aliphatic heterocycles. The number of fused-ring (bicyclic) bond motifs is 10. The van der Waals surface area contributed by atoms with E-state index in [1.165, 1.54) is 71.0 Å². The Labute approximate surface area is 361 Å². The van der Waals surface area contributed by atoms with Crippen molar-refractivity contribution in [3.8, 4) is 67.5 Å². The Hall–Kier alpha value is -6.65. The average Bonchev–Trinajstić information content (AvgIpc) is 3.92. The van der Waals surface area contributed by atoms with Crippen molar-refractivity contribution >= 4 is 21.9 Å². The second kappa shape index (κ2) is 12.5. The molecule has 0 radical (unpaired) electrons. The van der Waals surface area contributed by atoms with Crippen LogP contribution in [0.15, 0.2) is 156 Å². The predicted octanol–water partition coefficient (Wildman–Crippen LogP) is 14.5. The Morgan fingerprint density at radius 2 is 1.02 bits per heavy atom. The van der Waals surface area contributed by atoms with Crippen molar-refractivity contribution in [2.75, 3.05) is 0 Å². The van der Waals surface area contributed by atoms with Crippen LogP contribution in [0.2, 0.25) is 0 Å². The van der Waals surface area contributed by atoms with Crippen LogP contribution in [-0.2, 0) is 10.8 Å². The fourth-order valence-electron chi connectivity index (χ4n) is 14.0. The van der Waals surface area contributed by atoms with E-state index in [0.29, 0.717) is 17.5 Å². The maximum atomic E-state index is 6.28. The molecule has 4 bridgehead atoms. The lowest BCUT2D eigenvalue weighted by molar-refractivity contribution is -0.0399. The monoisotopic (exact) mass is 799 g/mol.